The summed E-state index contributed by atoms with van der Waals surface area (Å²) in [6.07, 6.45) is -1.09. The number of nitriles is 1. The highest BCUT2D eigenvalue weighted by Crippen LogP contribution is 2.36. The molecule has 4 aromatic rings. The van der Waals surface area contributed by atoms with Gasteiger partial charge in [-0.2, -0.15) is 18.4 Å². The highest BCUT2D eigenvalue weighted by Gasteiger charge is 2.30. The van der Waals surface area contributed by atoms with Gasteiger partial charge in [0.05, 0.1) is 12.2 Å². The molecule has 208 valence electrons. The van der Waals surface area contributed by atoms with E-state index in [9.17, 15) is 23.2 Å². The van der Waals surface area contributed by atoms with Crippen LogP contribution < -0.4 is 14.8 Å². The van der Waals surface area contributed by atoms with Gasteiger partial charge in [-0.05, 0) is 71.7 Å². The molecule has 4 aromatic carbocycles. The molecule has 0 unspecified atom stereocenters. The number of carbonyl (C=O) groups excluding carboxylic acids is 1. The lowest BCUT2D eigenvalue weighted by molar-refractivity contribution is -0.137. The van der Waals surface area contributed by atoms with E-state index < -0.39 is 17.6 Å². The van der Waals surface area contributed by atoms with Crippen LogP contribution in [0.25, 0.3) is 16.8 Å². The van der Waals surface area contributed by atoms with Gasteiger partial charge in [-0.15, -0.1) is 6.58 Å². The number of nitrogens with one attached hydrogen (secondary N) is 1. The second-order valence-electron chi connectivity index (χ2n) is 9.06. The maximum absolute atomic E-state index is 13.1. The van der Waals surface area contributed by atoms with Gasteiger partial charge in [-0.1, -0.05) is 54.6 Å². The molecule has 0 aromatic heterocycles. The van der Waals surface area contributed by atoms with E-state index in [0.29, 0.717) is 30.1 Å². The summed E-state index contributed by atoms with van der Waals surface area (Å²) in [7, 11) is 0. The zero-order valence-electron chi connectivity index (χ0n) is 22.3. The molecule has 0 spiro atoms. The summed E-state index contributed by atoms with van der Waals surface area (Å²) < 4.78 is 51.4. The van der Waals surface area contributed by atoms with Crippen molar-refractivity contribution < 1.29 is 27.4 Å². The minimum Gasteiger partial charge on any atom is -0.490 e. The molecule has 5 nitrogen and oxygen atoms in total. The Hall–Kier alpha value is -5.03. The molecular formula is C33H27F3N2O3. The highest BCUT2D eigenvalue weighted by atomic mass is 19.4. The van der Waals surface area contributed by atoms with Crippen molar-refractivity contribution in [2.24, 2.45) is 0 Å². The monoisotopic (exact) mass is 556 g/mol. The van der Waals surface area contributed by atoms with Crippen molar-refractivity contribution in [3.05, 3.63) is 119 Å². The van der Waals surface area contributed by atoms with E-state index in [0.717, 1.165) is 34.0 Å². The summed E-state index contributed by atoms with van der Waals surface area (Å²) in [5.74, 6) is 0.101. The summed E-state index contributed by atoms with van der Waals surface area (Å²) >= 11 is 0. The lowest BCUT2D eigenvalue weighted by Crippen LogP contribution is -2.14. The average Bonchev–Trinajstić information content (AvgIpc) is 2.95. The predicted molar refractivity (Wildman–Crippen MR) is 153 cm³/mol. The summed E-state index contributed by atoms with van der Waals surface area (Å²) in [6.45, 7) is 6.28. The molecule has 0 saturated carbocycles. The normalized spacial score (nSPS) is 11.5. The average molecular weight is 557 g/mol. The lowest BCUT2D eigenvalue weighted by atomic mass is 10.0. The Balaban J connectivity index is 1.64. The Kier molecular flexibility index (Phi) is 9.10. The van der Waals surface area contributed by atoms with E-state index in [2.05, 4.69) is 11.9 Å². The second kappa shape index (κ2) is 12.9. The van der Waals surface area contributed by atoms with E-state index >= 15 is 0 Å². The standard InChI is InChI=1S/C33H27F3N2O3/c1-3-9-24-16-22(17-26(20-37)32(39)38-28-14-8-13-27(19-28)33(34,35)36)18-30(40-4-2)31(24)41-21-25-12-7-11-23-10-5-6-15-29(23)25/h3,5-8,10-19H,1,4,9,21H2,2H3,(H,38,39)/b26-17+. The third-order valence-electron chi connectivity index (χ3n) is 6.19. The van der Waals surface area contributed by atoms with Gasteiger partial charge < -0.3 is 14.8 Å². The summed E-state index contributed by atoms with van der Waals surface area (Å²) in [5, 5.41) is 14.2. The Labute approximate surface area is 236 Å². The number of halogens is 3. The number of hydrogen-bond acceptors (Lipinski definition) is 4. The molecular weight excluding hydrogens is 529 g/mol. The number of ether oxygens (including phenoxy) is 2. The van der Waals surface area contributed by atoms with Crippen LogP contribution in [0.4, 0.5) is 18.9 Å². The van der Waals surface area contributed by atoms with Gasteiger partial charge in [-0.25, -0.2) is 0 Å². The number of allylic oxidation sites excluding steroid dienone is 1. The third kappa shape index (κ3) is 7.14. The van der Waals surface area contributed by atoms with Gasteiger partial charge in [0, 0.05) is 11.3 Å². The zero-order valence-corrected chi connectivity index (χ0v) is 22.3. The first-order chi connectivity index (χ1) is 19.7. The first kappa shape index (κ1) is 29.0. The number of benzene rings is 4. The number of hydrogen-bond donors (Lipinski definition) is 1. The topological polar surface area (TPSA) is 71.4 Å². The van der Waals surface area contributed by atoms with Crippen molar-refractivity contribution in [3.8, 4) is 17.6 Å². The molecule has 41 heavy (non-hydrogen) atoms. The van der Waals surface area contributed by atoms with Gasteiger partial charge >= 0.3 is 6.18 Å². The smallest absolute Gasteiger partial charge is 0.416 e. The molecule has 0 fully saturated rings. The Morgan fingerprint density at radius 1 is 1.00 bits per heavy atom. The van der Waals surface area contributed by atoms with Crippen LogP contribution in [0, 0.1) is 11.3 Å². The number of carbonyl (C=O) groups is 1. The van der Waals surface area contributed by atoms with Crippen LogP contribution >= 0.6 is 0 Å². The number of amides is 1. The van der Waals surface area contributed by atoms with E-state index in [4.69, 9.17) is 9.47 Å². The maximum atomic E-state index is 13.1. The fourth-order valence-electron chi connectivity index (χ4n) is 4.36. The summed E-state index contributed by atoms with van der Waals surface area (Å²) in [5.41, 5.74) is 0.931. The molecule has 0 heterocycles. The van der Waals surface area contributed by atoms with Crippen LogP contribution in [0.15, 0.2) is 97.1 Å². The van der Waals surface area contributed by atoms with Crippen LogP contribution in [-0.2, 0) is 24.0 Å². The molecule has 1 N–H and O–H groups in total. The quantitative estimate of drug-likeness (QED) is 0.122. The second-order valence-corrected chi connectivity index (χ2v) is 9.06. The van der Waals surface area contributed by atoms with Crippen LogP contribution in [0.3, 0.4) is 0 Å². The molecule has 8 heteroatoms. The Bertz CT molecular complexity index is 1650. The Morgan fingerprint density at radius 3 is 2.49 bits per heavy atom. The summed E-state index contributed by atoms with van der Waals surface area (Å²) in [6, 6.07) is 23.5. The van der Waals surface area contributed by atoms with Crippen molar-refractivity contribution in [2.45, 2.75) is 26.1 Å². The third-order valence-corrected chi connectivity index (χ3v) is 6.19. The van der Waals surface area contributed by atoms with E-state index in [-0.39, 0.29) is 17.9 Å². The van der Waals surface area contributed by atoms with Crippen LogP contribution in [0.5, 0.6) is 11.5 Å². The van der Waals surface area contributed by atoms with Gasteiger partial charge in [0.25, 0.3) is 5.91 Å². The molecule has 0 radical (unpaired) electrons. The summed E-state index contributed by atoms with van der Waals surface area (Å²) in [4.78, 5) is 12.8. The fourth-order valence-corrected chi connectivity index (χ4v) is 4.36. The van der Waals surface area contributed by atoms with Crippen LogP contribution in [0.2, 0.25) is 0 Å². The van der Waals surface area contributed by atoms with Crippen molar-refractivity contribution in [1.82, 2.24) is 0 Å². The first-order valence-electron chi connectivity index (χ1n) is 12.8. The first-order valence-corrected chi connectivity index (χ1v) is 12.8. The number of alkyl halides is 3. The van der Waals surface area contributed by atoms with Crippen LogP contribution in [0.1, 0.15) is 29.2 Å². The predicted octanol–water partition coefficient (Wildman–Crippen LogP) is 8.11. The molecule has 1 amide bonds. The van der Waals surface area contributed by atoms with E-state index in [1.54, 1.807) is 18.2 Å². The van der Waals surface area contributed by atoms with Crippen molar-refractivity contribution in [2.75, 3.05) is 11.9 Å². The SMILES string of the molecule is C=CCc1cc(/C=C(\C#N)C(=O)Nc2cccc(C(F)(F)F)c2)cc(OCC)c1OCc1cccc2ccccc12. The van der Waals surface area contributed by atoms with Crippen molar-refractivity contribution in [3.63, 3.8) is 0 Å². The Morgan fingerprint density at radius 2 is 1.76 bits per heavy atom. The number of anilines is 1. The number of rotatable bonds is 10. The fraction of sp³-hybridized carbons (Fsp3) is 0.152. The molecule has 0 aliphatic carbocycles. The van der Waals surface area contributed by atoms with Crippen molar-refractivity contribution in [1.29, 1.82) is 5.26 Å². The lowest BCUT2D eigenvalue weighted by Gasteiger charge is -2.17. The molecule has 0 saturated heterocycles. The minimum absolute atomic E-state index is 0.0782. The van der Waals surface area contributed by atoms with Gasteiger partial charge in [-0.3, -0.25) is 4.79 Å². The maximum Gasteiger partial charge on any atom is 0.416 e. The molecule has 0 atom stereocenters. The molecule has 0 aliphatic heterocycles. The number of fused-ring (bicyclic) bond motifs is 1. The van der Waals surface area contributed by atoms with E-state index in [1.807, 2.05) is 55.5 Å². The zero-order chi connectivity index (χ0) is 29.4. The molecule has 0 aliphatic rings. The van der Waals surface area contributed by atoms with Crippen molar-refractivity contribution >= 4 is 28.4 Å². The van der Waals surface area contributed by atoms with Crippen LogP contribution in [-0.4, -0.2) is 12.5 Å². The molecule has 4 rings (SSSR count). The van der Waals surface area contributed by atoms with E-state index in [1.165, 1.54) is 18.2 Å². The van der Waals surface area contributed by atoms with Gasteiger partial charge in [0.1, 0.15) is 18.2 Å². The van der Waals surface area contributed by atoms with Gasteiger partial charge in [0.2, 0.25) is 0 Å². The highest BCUT2D eigenvalue weighted by molar-refractivity contribution is 6.09. The van der Waals surface area contributed by atoms with Gasteiger partial charge in [0.15, 0.2) is 11.5 Å². The minimum atomic E-state index is -4.57. The number of nitrogens with zero attached hydrogens (tertiary/aromatic N) is 1. The largest absolute Gasteiger partial charge is 0.490 e. The molecule has 0 bridgehead atoms.